The smallest absolute Gasteiger partial charge is 0.235 e. The molecule has 0 aliphatic heterocycles. The van der Waals surface area contributed by atoms with E-state index in [9.17, 15) is 4.79 Å². The van der Waals surface area contributed by atoms with Crippen molar-refractivity contribution < 1.29 is 4.79 Å². The number of amides is 1. The average molecular weight is 288 g/mol. The monoisotopic (exact) mass is 288 g/mol. The van der Waals surface area contributed by atoms with E-state index in [-0.39, 0.29) is 5.91 Å². The average Bonchev–Trinajstić information content (AvgIpc) is 2.85. The van der Waals surface area contributed by atoms with Crippen LogP contribution in [0.3, 0.4) is 0 Å². The Bertz CT molecular complexity index is 611. The molecule has 0 atom stereocenters. The van der Waals surface area contributed by atoms with Crippen LogP contribution in [0, 0.1) is 18.3 Å². The first-order chi connectivity index (χ1) is 9.19. The molecule has 0 saturated carbocycles. The zero-order valence-corrected chi connectivity index (χ0v) is 12.0. The van der Waals surface area contributed by atoms with Crippen LogP contribution in [0.5, 0.6) is 0 Å². The van der Waals surface area contributed by atoms with E-state index >= 15 is 0 Å². The number of nitriles is 1. The number of hydrogen-bond acceptors (Lipinski definition) is 4. The van der Waals surface area contributed by atoms with Crippen molar-refractivity contribution in [3.05, 3.63) is 46.8 Å². The summed E-state index contributed by atoms with van der Waals surface area (Å²) in [4.78, 5) is 12.8. The number of carbonyl (C=O) groups is 1. The molecule has 1 amide bonds. The predicted octanol–water partition coefficient (Wildman–Crippen LogP) is 3.66. The molecule has 0 unspecified atom stereocenters. The third-order valence-corrected chi connectivity index (χ3v) is 4.27. The standard InChI is InChI=1S/C14H12N2OS2/c1-10-2-4-12(5-3-10)19-9-13(17)16-14-11(8-15)6-7-18-14/h2-7H,9H2,1H3,(H,16,17). The Hall–Kier alpha value is -1.77. The molecule has 19 heavy (non-hydrogen) atoms. The highest BCUT2D eigenvalue weighted by atomic mass is 32.2. The van der Waals surface area contributed by atoms with Crippen molar-refractivity contribution in [2.75, 3.05) is 11.1 Å². The van der Waals surface area contributed by atoms with Crippen molar-refractivity contribution in [3.8, 4) is 6.07 Å². The second kappa shape index (κ2) is 6.41. The van der Waals surface area contributed by atoms with Gasteiger partial charge >= 0.3 is 0 Å². The minimum absolute atomic E-state index is 0.0930. The number of hydrogen-bond donors (Lipinski definition) is 1. The Balaban J connectivity index is 1.89. The zero-order valence-electron chi connectivity index (χ0n) is 10.3. The van der Waals surface area contributed by atoms with Gasteiger partial charge in [0.05, 0.1) is 11.3 Å². The summed E-state index contributed by atoms with van der Waals surface area (Å²) in [6.07, 6.45) is 0. The summed E-state index contributed by atoms with van der Waals surface area (Å²) in [7, 11) is 0. The first kappa shape index (κ1) is 13.7. The summed E-state index contributed by atoms with van der Waals surface area (Å²) in [5, 5.41) is 14.0. The van der Waals surface area contributed by atoms with Crippen molar-refractivity contribution in [2.45, 2.75) is 11.8 Å². The quantitative estimate of drug-likeness (QED) is 0.874. The molecule has 0 spiro atoms. The SMILES string of the molecule is Cc1ccc(SCC(=O)Nc2sccc2C#N)cc1. The predicted molar refractivity (Wildman–Crippen MR) is 79.6 cm³/mol. The highest BCUT2D eigenvalue weighted by molar-refractivity contribution is 8.00. The van der Waals surface area contributed by atoms with Crippen molar-refractivity contribution >= 4 is 34.0 Å². The van der Waals surface area contributed by atoms with Crippen LogP contribution in [-0.2, 0) is 4.79 Å². The molecule has 0 saturated heterocycles. The van der Waals surface area contributed by atoms with Crippen LogP contribution in [-0.4, -0.2) is 11.7 Å². The number of benzene rings is 1. The van der Waals surface area contributed by atoms with Crippen molar-refractivity contribution in [1.29, 1.82) is 5.26 Å². The fourth-order valence-electron chi connectivity index (χ4n) is 1.44. The fraction of sp³-hybridized carbons (Fsp3) is 0.143. The number of anilines is 1. The second-order valence-corrected chi connectivity index (χ2v) is 5.89. The lowest BCUT2D eigenvalue weighted by atomic mass is 10.2. The van der Waals surface area contributed by atoms with Crippen LogP contribution in [0.2, 0.25) is 0 Å². The highest BCUT2D eigenvalue weighted by Crippen LogP contribution is 2.23. The number of aryl methyl sites for hydroxylation is 1. The van der Waals surface area contributed by atoms with Crippen LogP contribution >= 0.6 is 23.1 Å². The van der Waals surface area contributed by atoms with Gasteiger partial charge in [-0.05, 0) is 30.5 Å². The molecular formula is C14H12N2OS2. The molecule has 5 heteroatoms. The molecule has 1 heterocycles. The molecule has 1 aromatic carbocycles. The molecule has 2 rings (SSSR count). The normalized spacial score (nSPS) is 9.89. The maximum Gasteiger partial charge on any atom is 0.235 e. The Morgan fingerprint density at radius 1 is 1.37 bits per heavy atom. The lowest BCUT2D eigenvalue weighted by Crippen LogP contribution is -2.13. The van der Waals surface area contributed by atoms with Crippen molar-refractivity contribution in [1.82, 2.24) is 0 Å². The van der Waals surface area contributed by atoms with Gasteiger partial charge < -0.3 is 5.32 Å². The number of nitrogens with one attached hydrogen (secondary N) is 1. The van der Waals surface area contributed by atoms with Crippen molar-refractivity contribution in [3.63, 3.8) is 0 Å². The molecule has 0 radical (unpaired) electrons. The molecule has 1 N–H and O–H groups in total. The number of thioether (sulfide) groups is 1. The van der Waals surface area contributed by atoms with E-state index in [1.54, 1.807) is 11.4 Å². The van der Waals surface area contributed by atoms with Crippen molar-refractivity contribution in [2.24, 2.45) is 0 Å². The number of thiophene rings is 1. The van der Waals surface area contributed by atoms with E-state index in [1.807, 2.05) is 37.3 Å². The van der Waals surface area contributed by atoms with Gasteiger partial charge in [-0.1, -0.05) is 17.7 Å². The fourth-order valence-corrected chi connectivity index (χ4v) is 2.89. The molecule has 0 aliphatic carbocycles. The number of carbonyl (C=O) groups excluding carboxylic acids is 1. The van der Waals surface area contributed by atoms with Crippen LogP contribution in [0.15, 0.2) is 40.6 Å². The van der Waals surface area contributed by atoms with Gasteiger partial charge in [0.2, 0.25) is 5.91 Å². The molecule has 0 fully saturated rings. The third kappa shape index (κ3) is 3.85. The van der Waals surface area contributed by atoms with Crippen LogP contribution in [0.1, 0.15) is 11.1 Å². The summed E-state index contributed by atoms with van der Waals surface area (Å²) in [5.74, 6) is 0.246. The first-order valence-electron chi connectivity index (χ1n) is 5.66. The molecule has 1 aromatic heterocycles. The Morgan fingerprint density at radius 2 is 2.11 bits per heavy atom. The lowest BCUT2D eigenvalue weighted by molar-refractivity contribution is -0.113. The van der Waals surface area contributed by atoms with Gasteiger partial charge in [-0.25, -0.2) is 0 Å². The number of nitrogens with zero attached hydrogens (tertiary/aromatic N) is 1. The number of rotatable bonds is 4. The van der Waals surface area contributed by atoms with Gasteiger partial charge in [0.15, 0.2) is 0 Å². The summed E-state index contributed by atoms with van der Waals surface area (Å²) in [6.45, 7) is 2.03. The first-order valence-corrected chi connectivity index (χ1v) is 7.52. The molecule has 96 valence electrons. The van der Waals surface area contributed by atoms with E-state index in [0.29, 0.717) is 16.3 Å². The molecule has 0 aliphatic rings. The minimum atomic E-state index is -0.0930. The summed E-state index contributed by atoms with van der Waals surface area (Å²) >= 11 is 2.84. The molecule has 0 bridgehead atoms. The van der Waals surface area contributed by atoms with E-state index in [1.165, 1.54) is 28.7 Å². The largest absolute Gasteiger partial charge is 0.316 e. The highest BCUT2D eigenvalue weighted by Gasteiger charge is 2.08. The van der Waals surface area contributed by atoms with Gasteiger partial charge in [0.25, 0.3) is 0 Å². The maximum atomic E-state index is 11.8. The molecular weight excluding hydrogens is 276 g/mol. The summed E-state index contributed by atoms with van der Waals surface area (Å²) < 4.78 is 0. The van der Waals surface area contributed by atoms with E-state index in [4.69, 9.17) is 5.26 Å². The minimum Gasteiger partial charge on any atom is -0.316 e. The van der Waals surface area contributed by atoms with E-state index < -0.39 is 0 Å². The van der Waals surface area contributed by atoms with Crippen LogP contribution < -0.4 is 5.32 Å². The lowest BCUT2D eigenvalue weighted by Gasteiger charge is -2.03. The maximum absolute atomic E-state index is 11.8. The Kier molecular flexibility index (Phi) is 4.61. The topological polar surface area (TPSA) is 52.9 Å². The molecule has 3 nitrogen and oxygen atoms in total. The Labute approximate surface area is 120 Å². The summed E-state index contributed by atoms with van der Waals surface area (Å²) in [6, 6.07) is 11.8. The van der Waals surface area contributed by atoms with Gasteiger partial charge in [0.1, 0.15) is 11.1 Å². The second-order valence-electron chi connectivity index (χ2n) is 3.93. The van der Waals surface area contributed by atoms with E-state index in [2.05, 4.69) is 5.32 Å². The van der Waals surface area contributed by atoms with Crippen LogP contribution in [0.25, 0.3) is 0 Å². The van der Waals surface area contributed by atoms with Gasteiger partial charge in [-0.15, -0.1) is 23.1 Å². The summed E-state index contributed by atoms with van der Waals surface area (Å²) in [5.41, 5.74) is 1.71. The zero-order chi connectivity index (χ0) is 13.7. The van der Waals surface area contributed by atoms with Gasteiger partial charge in [0, 0.05) is 4.90 Å². The van der Waals surface area contributed by atoms with Gasteiger partial charge in [-0.2, -0.15) is 5.26 Å². The third-order valence-electron chi connectivity index (χ3n) is 2.43. The molecule has 2 aromatic rings. The van der Waals surface area contributed by atoms with E-state index in [0.717, 1.165) is 4.90 Å². The van der Waals surface area contributed by atoms with Crippen LogP contribution in [0.4, 0.5) is 5.00 Å². The van der Waals surface area contributed by atoms with Gasteiger partial charge in [-0.3, -0.25) is 4.79 Å². The Morgan fingerprint density at radius 3 is 2.79 bits per heavy atom.